The largest absolute Gasteiger partial charge is 0.494 e. The Morgan fingerprint density at radius 3 is 2.43 bits per heavy atom. The number of furan rings is 1. The fourth-order valence-electron chi connectivity index (χ4n) is 2.88. The number of para-hydroxylation sites is 1. The molecule has 1 aromatic heterocycles. The second-order valence-corrected chi connectivity index (χ2v) is 6.86. The first kappa shape index (κ1) is 19.5. The molecule has 3 aromatic rings. The Morgan fingerprint density at radius 1 is 1.04 bits per heavy atom. The average molecular weight is 380 g/mol. The number of carbonyl (C=O) groups excluding carboxylic acids is 2. The summed E-state index contributed by atoms with van der Waals surface area (Å²) in [5.74, 6) is 0.425. The highest BCUT2D eigenvalue weighted by Gasteiger charge is 2.22. The summed E-state index contributed by atoms with van der Waals surface area (Å²) in [5.41, 5.74) is 1.54. The molecule has 2 aromatic carbocycles. The van der Waals surface area contributed by atoms with E-state index in [-0.39, 0.29) is 17.6 Å². The second-order valence-electron chi connectivity index (χ2n) is 6.86. The van der Waals surface area contributed by atoms with E-state index in [9.17, 15) is 9.59 Å². The molecule has 0 saturated heterocycles. The molecule has 6 heteroatoms. The van der Waals surface area contributed by atoms with Crippen LogP contribution in [0.3, 0.4) is 0 Å². The van der Waals surface area contributed by atoms with Crippen LogP contribution in [0.15, 0.2) is 52.9 Å². The number of carbonyl (C=O) groups is 2. The lowest BCUT2D eigenvalue weighted by Crippen LogP contribution is -2.18. The van der Waals surface area contributed by atoms with E-state index < -0.39 is 5.91 Å². The SMILES string of the molecule is CCOc1ccc(NC(=O)c2oc3ccccc3c2NC(=O)CC(C)C)cc1. The van der Waals surface area contributed by atoms with E-state index >= 15 is 0 Å². The van der Waals surface area contributed by atoms with Gasteiger partial charge in [0, 0.05) is 17.5 Å². The van der Waals surface area contributed by atoms with Crippen molar-refractivity contribution < 1.29 is 18.7 Å². The number of nitrogens with one attached hydrogen (secondary N) is 2. The molecule has 0 spiro atoms. The number of ether oxygens (including phenoxy) is 1. The lowest BCUT2D eigenvalue weighted by Gasteiger charge is -2.09. The first-order chi connectivity index (χ1) is 13.5. The third kappa shape index (κ3) is 4.52. The normalized spacial score (nSPS) is 10.9. The van der Waals surface area contributed by atoms with Crippen LogP contribution in [0, 0.1) is 5.92 Å². The van der Waals surface area contributed by atoms with Gasteiger partial charge in [0.1, 0.15) is 17.0 Å². The zero-order valence-corrected chi connectivity index (χ0v) is 16.2. The molecule has 2 amide bonds. The van der Waals surface area contributed by atoms with Crippen molar-refractivity contribution in [3.8, 4) is 5.75 Å². The van der Waals surface area contributed by atoms with Crippen LogP contribution < -0.4 is 15.4 Å². The number of amides is 2. The summed E-state index contributed by atoms with van der Waals surface area (Å²) in [4.78, 5) is 25.1. The Bertz CT molecular complexity index is 974. The van der Waals surface area contributed by atoms with Crippen molar-refractivity contribution in [1.29, 1.82) is 0 Å². The topological polar surface area (TPSA) is 80.6 Å². The van der Waals surface area contributed by atoms with E-state index in [2.05, 4.69) is 10.6 Å². The van der Waals surface area contributed by atoms with Gasteiger partial charge in [0.2, 0.25) is 11.7 Å². The number of hydrogen-bond donors (Lipinski definition) is 2. The predicted molar refractivity (Wildman–Crippen MR) is 110 cm³/mol. The van der Waals surface area contributed by atoms with Crippen LogP contribution in [-0.2, 0) is 4.79 Å². The molecular formula is C22H24N2O4. The highest BCUT2D eigenvalue weighted by atomic mass is 16.5. The van der Waals surface area contributed by atoms with Crippen molar-refractivity contribution in [3.05, 3.63) is 54.3 Å². The molecule has 1 heterocycles. The molecular weight excluding hydrogens is 356 g/mol. The van der Waals surface area contributed by atoms with E-state index in [1.165, 1.54) is 0 Å². The number of rotatable bonds is 7. The van der Waals surface area contributed by atoms with Crippen LogP contribution in [0.5, 0.6) is 5.75 Å². The van der Waals surface area contributed by atoms with Crippen LogP contribution in [0.25, 0.3) is 11.0 Å². The lowest BCUT2D eigenvalue weighted by molar-refractivity contribution is -0.116. The molecule has 0 saturated carbocycles. The Morgan fingerprint density at radius 2 is 1.75 bits per heavy atom. The van der Waals surface area contributed by atoms with Crippen molar-refractivity contribution in [1.82, 2.24) is 0 Å². The van der Waals surface area contributed by atoms with Gasteiger partial charge in [-0.1, -0.05) is 26.0 Å². The van der Waals surface area contributed by atoms with Crippen molar-refractivity contribution in [2.75, 3.05) is 17.2 Å². The summed E-state index contributed by atoms with van der Waals surface area (Å²) >= 11 is 0. The molecule has 0 atom stereocenters. The van der Waals surface area contributed by atoms with Crippen LogP contribution in [0.4, 0.5) is 11.4 Å². The zero-order chi connectivity index (χ0) is 20.1. The van der Waals surface area contributed by atoms with E-state index in [0.717, 1.165) is 5.75 Å². The number of anilines is 2. The minimum absolute atomic E-state index is 0.0761. The highest BCUT2D eigenvalue weighted by Crippen LogP contribution is 2.32. The summed E-state index contributed by atoms with van der Waals surface area (Å²) in [7, 11) is 0. The van der Waals surface area contributed by atoms with Gasteiger partial charge in [-0.3, -0.25) is 9.59 Å². The van der Waals surface area contributed by atoms with Crippen LogP contribution in [0.1, 0.15) is 37.7 Å². The molecule has 0 fully saturated rings. The molecule has 146 valence electrons. The summed E-state index contributed by atoms with van der Waals surface area (Å²) in [6.45, 7) is 6.41. The fraction of sp³-hybridized carbons (Fsp3) is 0.273. The molecule has 2 N–H and O–H groups in total. The lowest BCUT2D eigenvalue weighted by atomic mass is 10.1. The van der Waals surface area contributed by atoms with Gasteiger partial charge in [0.15, 0.2) is 0 Å². The van der Waals surface area contributed by atoms with Crippen LogP contribution >= 0.6 is 0 Å². The van der Waals surface area contributed by atoms with Gasteiger partial charge >= 0.3 is 0 Å². The third-order valence-electron chi connectivity index (χ3n) is 4.08. The molecule has 6 nitrogen and oxygen atoms in total. The van der Waals surface area contributed by atoms with Gasteiger partial charge in [-0.15, -0.1) is 0 Å². The second kappa shape index (κ2) is 8.61. The minimum atomic E-state index is -0.430. The van der Waals surface area contributed by atoms with Gasteiger partial charge in [0.05, 0.1) is 6.61 Å². The van der Waals surface area contributed by atoms with Crippen LogP contribution in [0.2, 0.25) is 0 Å². The minimum Gasteiger partial charge on any atom is -0.494 e. The maximum absolute atomic E-state index is 12.8. The maximum Gasteiger partial charge on any atom is 0.293 e. The smallest absolute Gasteiger partial charge is 0.293 e. The van der Waals surface area contributed by atoms with Gasteiger partial charge in [-0.2, -0.15) is 0 Å². The van der Waals surface area contributed by atoms with Crippen LogP contribution in [-0.4, -0.2) is 18.4 Å². The molecule has 0 radical (unpaired) electrons. The fourth-order valence-corrected chi connectivity index (χ4v) is 2.88. The number of fused-ring (bicyclic) bond motifs is 1. The number of hydrogen-bond acceptors (Lipinski definition) is 4. The van der Waals surface area contributed by atoms with Crippen molar-refractivity contribution in [3.63, 3.8) is 0 Å². The summed E-state index contributed by atoms with van der Waals surface area (Å²) < 4.78 is 11.2. The Kier molecular flexibility index (Phi) is 5.99. The predicted octanol–water partition coefficient (Wildman–Crippen LogP) is 5.07. The first-order valence-electron chi connectivity index (χ1n) is 9.33. The third-order valence-corrected chi connectivity index (χ3v) is 4.08. The quantitative estimate of drug-likeness (QED) is 0.600. The Balaban J connectivity index is 1.87. The van der Waals surface area contributed by atoms with E-state index in [4.69, 9.17) is 9.15 Å². The van der Waals surface area contributed by atoms with Crippen molar-refractivity contribution >= 4 is 34.2 Å². The highest BCUT2D eigenvalue weighted by molar-refractivity contribution is 6.14. The van der Waals surface area contributed by atoms with Gasteiger partial charge in [-0.25, -0.2) is 0 Å². The molecule has 0 unspecified atom stereocenters. The zero-order valence-electron chi connectivity index (χ0n) is 16.2. The average Bonchev–Trinajstić information content (AvgIpc) is 3.01. The van der Waals surface area contributed by atoms with E-state index in [1.54, 1.807) is 30.3 Å². The summed E-state index contributed by atoms with van der Waals surface area (Å²) in [6.07, 6.45) is 0.361. The summed E-state index contributed by atoms with van der Waals surface area (Å²) in [6, 6.07) is 14.3. The molecule has 0 aliphatic carbocycles. The Hall–Kier alpha value is -3.28. The van der Waals surface area contributed by atoms with Gasteiger partial charge in [0.25, 0.3) is 5.91 Å². The van der Waals surface area contributed by atoms with Crippen molar-refractivity contribution in [2.24, 2.45) is 5.92 Å². The van der Waals surface area contributed by atoms with E-state index in [0.29, 0.717) is 35.4 Å². The van der Waals surface area contributed by atoms with Gasteiger partial charge < -0.3 is 19.8 Å². The first-order valence-corrected chi connectivity index (χ1v) is 9.33. The molecule has 0 aliphatic heterocycles. The molecule has 28 heavy (non-hydrogen) atoms. The monoisotopic (exact) mass is 380 g/mol. The summed E-state index contributed by atoms with van der Waals surface area (Å²) in [5, 5.41) is 6.34. The molecule has 3 rings (SSSR count). The molecule has 0 aliphatic rings. The molecule has 0 bridgehead atoms. The standard InChI is InChI=1S/C22H24N2O4/c1-4-27-16-11-9-15(10-12-16)23-22(26)21-20(24-19(25)13-14(2)3)17-7-5-6-8-18(17)28-21/h5-12,14H,4,13H2,1-3H3,(H,23,26)(H,24,25). The van der Waals surface area contributed by atoms with Crippen molar-refractivity contribution in [2.45, 2.75) is 27.2 Å². The maximum atomic E-state index is 12.8. The van der Waals surface area contributed by atoms with E-state index in [1.807, 2.05) is 39.0 Å². The van der Waals surface area contributed by atoms with Gasteiger partial charge in [-0.05, 0) is 49.2 Å². The Labute approximate surface area is 163 Å². The number of benzene rings is 2.